The molecule has 0 fully saturated rings. The van der Waals surface area contributed by atoms with E-state index in [2.05, 4.69) is 15.2 Å². The van der Waals surface area contributed by atoms with Gasteiger partial charge in [0, 0.05) is 11.9 Å². The van der Waals surface area contributed by atoms with E-state index in [0.717, 1.165) is 5.69 Å². The third-order valence-corrected chi connectivity index (χ3v) is 3.23. The van der Waals surface area contributed by atoms with Gasteiger partial charge in [0.25, 0.3) is 0 Å². The van der Waals surface area contributed by atoms with E-state index in [1.54, 1.807) is 19.2 Å². The molecule has 1 aromatic heterocycles. The van der Waals surface area contributed by atoms with Gasteiger partial charge in [0.2, 0.25) is 5.91 Å². The van der Waals surface area contributed by atoms with Crippen molar-refractivity contribution in [2.75, 3.05) is 5.32 Å². The van der Waals surface area contributed by atoms with Crippen LogP contribution in [-0.4, -0.2) is 22.3 Å². The predicted octanol–water partition coefficient (Wildman–Crippen LogP) is 3.65. The first-order valence-corrected chi connectivity index (χ1v) is 6.81. The second-order valence-electron chi connectivity index (χ2n) is 4.63. The van der Waals surface area contributed by atoms with Crippen LogP contribution in [-0.2, 0) is 4.79 Å². The SMILES string of the molecule is Cc1ccn(C(C)C(=O)Nc2ccc(OC(F)F)c(Cl)c2)n1. The van der Waals surface area contributed by atoms with Gasteiger partial charge in [-0.3, -0.25) is 9.48 Å². The summed E-state index contributed by atoms with van der Waals surface area (Å²) in [5.41, 5.74) is 1.18. The molecule has 0 saturated heterocycles. The molecule has 1 aromatic carbocycles. The van der Waals surface area contributed by atoms with Crippen molar-refractivity contribution in [3.8, 4) is 5.75 Å². The summed E-state index contributed by atoms with van der Waals surface area (Å²) in [5, 5.41) is 6.79. The number of benzene rings is 1. The lowest BCUT2D eigenvalue weighted by Gasteiger charge is -2.14. The number of nitrogens with zero attached hydrogens (tertiary/aromatic N) is 2. The molecule has 8 heteroatoms. The molecule has 0 bridgehead atoms. The summed E-state index contributed by atoms with van der Waals surface area (Å²) in [6.45, 7) is 0.557. The molecule has 0 radical (unpaired) electrons. The number of carbonyl (C=O) groups is 1. The van der Waals surface area contributed by atoms with Gasteiger partial charge in [-0.15, -0.1) is 0 Å². The lowest BCUT2D eigenvalue weighted by Crippen LogP contribution is -2.24. The van der Waals surface area contributed by atoms with Crippen molar-refractivity contribution in [3.63, 3.8) is 0 Å². The van der Waals surface area contributed by atoms with Crippen LogP contribution >= 0.6 is 11.6 Å². The second kappa shape index (κ2) is 6.74. The van der Waals surface area contributed by atoms with E-state index in [1.165, 1.54) is 22.9 Å². The van der Waals surface area contributed by atoms with Crippen molar-refractivity contribution in [3.05, 3.63) is 41.2 Å². The first-order valence-electron chi connectivity index (χ1n) is 6.44. The smallest absolute Gasteiger partial charge is 0.387 e. The Morgan fingerprint density at radius 2 is 2.14 bits per heavy atom. The van der Waals surface area contributed by atoms with Crippen LogP contribution in [0.5, 0.6) is 5.75 Å². The van der Waals surface area contributed by atoms with Crippen molar-refractivity contribution < 1.29 is 18.3 Å². The van der Waals surface area contributed by atoms with Crippen LogP contribution in [0.4, 0.5) is 14.5 Å². The van der Waals surface area contributed by atoms with Gasteiger partial charge in [-0.25, -0.2) is 0 Å². The number of aromatic nitrogens is 2. The van der Waals surface area contributed by atoms with E-state index < -0.39 is 12.7 Å². The Morgan fingerprint density at radius 3 is 2.68 bits per heavy atom. The van der Waals surface area contributed by atoms with Crippen LogP contribution in [0.1, 0.15) is 18.7 Å². The summed E-state index contributed by atoms with van der Waals surface area (Å²) in [6, 6.07) is 5.31. The number of rotatable bonds is 5. The molecule has 1 N–H and O–H groups in total. The molecule has 0 aliphatic carbocycles. The summed E-state index contributed by atoms with van der Waals surface area (Å²) in [5.74, 6) is -0.452. The quantitative estimate of drug-likeness (QED) is 0.911. The number of alkyl halides is 2. The van der Waals surface area contributed by atoms with Gasteiger partial charge in [0.15, 0.2) is 0 Å². The largest absolute Gasteiger partial charge is 0.433 e. The topological polar surface area (TPSA) is 56.2 Å². The Hall–Kier alpha value is -2.15. The number of nitrogens with one attached hydrogen (secondary N) is 1. The number of amides is 1. The highest BCUT2D eigenvalue weighted by atomic mass is 35.5. The average molecular weight is 330 g/mol. The Balaban J connectivity index is 2.07. The minimum absolute atomic E-state index is 0.0133. The number of hydrogen-bond acceptors (Lipinski definition) is 3. The van der Waals surface area contributed by atoms with Crippen molar-refractivity contribution in [2.45, 2.75) is 26.5 Å². The lowest BCUT2D eigenvalue weighted by molar-refractivity contribution is -0.119. The number of aryl methyl sites for hydroxylation is 1. The molecule has 0 aliphatic rings. The molecule has 1 unspecified atom stereocenters. The summed E-state index contributed by atoms with van der Waals surface area (Å²) in [4.78, 5) is 12.1. The van der Waals surface area contributed by atoms with Gasteiger partial charge < -0.3 is 10.1 Å². The van der Waals surface area contributed by atoms with E-state index in [0.29, 0.717) is 5.69 Å². The second-order valence-corrected chi connectivity index (χ2v) is 5.03. The Kier molecular flexibility index (Phi) is 4.97. The van der Waals surface area contributed by atoms with Gasteiger partial charge in [-0.1, -0.05) is 11.6 Å². The molecule has 1 amide bonds. The average Bonchev–Trinajstić information content (AvgIpc) is 2.87. The highest BCUT2D eigenvalue weighted by molar-refractivity contribution is 6.32. The Labute approximate surface area is 130 Å². The maximum absolute atomic E-state index is 12.1. The van der Waals surface area contributed by atoms with Gasteiger partial charge in [0.1, 0.15) is 11.8 Å². The summed E-state index contributed by atoms with van der Waals surface area (Å²) < 4.78 is 30.1. The number of anilines is 1. The minimum Gasteiger partial charge on any atom is -0.433 e. The summed E-state index contributed by atoms with van der Waals surface area (Å²) >= 11 is 5.83. The molecule has 1 atom stereocenters. The third kappa shape index (κ3) is 3.94. The van der Waals surface area contributed by atoms with Crippen molar-refractivity contribution >= 4 is 23.2 Å². The van der Waals surface area contributed by atoms with Crippen LogP contribution in [0, 0.1) is 6.92 Å². The van der Waals surface area contributed by atoms with Crippen molar-refractivity contribution in [1.29, 1.82) is 0 Å². The number of ether oxygens (including phenoxy) is 1. The molecule has 0 aliphatic heterocycles. The molecule has 1 heterocycles. The van der Waals surface area contributed by atoms with E-state index in [1.807, 2.05) is 6.92 Å². The normalized spacial score (nSPS) is 12.3. The fourth-order valence-electron chi connectivity index (χ4n) is 1.79. The zero-order valence-electron chi connectivity index (χ0n) is 11.9. The number of halogens is 3. The van der Waals surface area contributed by atoms with Gasteiger partial charge in [-0.2, -0.15) is 13.9 Å². The van der Waals surface area contributed by atoms with E-state index in [9.17, 15) is 13.6 Å². The Morgan fingerprint density at radius 1 is 1.41 bits per heavy atom. The number of carbonyl (C=O) groups excluding carboxylic acids is 1. The molecule has 0 saturated carbocycles. The molecular weight excluding hydrogens is 316 g/mol. The van der Waals surface area contributed by atoms with Crippen LogP contribution in [0.3, 0.4) is 0 Å². The van der Waals surface area contributed by atoms with Crippen LogP contribution < -0.4 is 10.1 Å². The van der Waals surface area contributed by atoms with E-state index >= 15 is 0 Å². The molecule has 2 aromatic rings. The molecule has 5 nitrogen and oxygen atoms in total. The molecular formula is C14H14ClF2N3O2. The van der Waals surface area contributed by atoms with Gasteiger partial charge in [0.05, 0.1) is 10.7 Å². The molecule has 118 valence electrons. The first-order chi connectivity index (χ1) is 10.4. The highest BCUT2D eigenvalue weighted by Crippen LogP contribution is 2.29. The van der Waals surface area contributed by atoms with Crippen LogP contribution in [0.15, 0.2) is 30.5 Å². The zero-order valence-corrected chi connectivity index (χ0v) is 12.6. The maximum Gasteiger partial charge on any atom is 0.387 e. The van der Waals surface area contributed by atoms with Crippen LogP contribution in [0.2, 0.25) is 5.02 Å². The maximum atomic E-state index is 12.1. The fraction of sp³-hybridized carbons (Fsp3) is 0.286. The fourth-order valence-corrected chi connectivity index (χ4v) is 2.01. The van der Waals surface area contributed by atoms with Crippen molar-refractivity contribution in [2.24, 2.45) is 0 Å². The molecule has 2 rings (SSSR count). The molecule has 22 heavy (non-hydrogen) atoms. The summed E-state index contributed by atoms with van der Waals surface area (Å²) in [6.07, 6.45) is 1.70. The standard InChI is InChI=1S/C14H14ClF2N3O2/c1-8-5-6-20(19-8)9(2)13(21)18-10-3-4-12(11(15)7-10)22-14(16)17/h3-7,9,14H,1-2H3,(H,18,21). The van der Waals surface area contributed by atoms with Gasteiger partial charge >= 0.3 is 6.61 Å². The van der Waals surface area contributed by atoms with E-state index in [-0.39, 0.29) is 16.7 Å². The zero-order chi connectivity index (χ0) is 16.3. The highest BCUT2D eigenvalue weighted by Gasteiger charge is 2.16. The minimum atomic E-state index is -2.96. The van der Waals surface area contributed by atoms with E-state index in [4.69, 9.17) is 11.6 Å². The van der Waals surface area contributed by atoms with Gasteiger partial charge in [-0.05, 0) is 38.1 Å². The summed E-state index contributed by atoms with van der Waals surface area (Å²) in [7, 11) is 0. The Bertz CT molecular complexity index is 676. The van der Waals surface area contributed by atoms with Crippen molar-refractivity contribution in [1.82, 2.24) is 9.78 Å². The molecule has 0 spiro atoms. The number of hydrogen-bond donors (Lipinski definition) is 1. The first kappa shape index (κ1) is 16.2. The lowest BCUT2D eigenvalue weighted by atomic mass is 10.2. The monoisotopic (exact) mass is 329 g/mol. The predicted molar refractivity (Wildman–Crippen MR) is 78.4 cm³/mol. The van der Waals surface area contributed by atoms with Crippen LogP contribution in [0.25, 0.3) is 0 Å². The third-order valence-electron chi connectivity index (χ3n) is 2.93.